The largest absolute Gasteiger partial charge is 0.281 e. The number of hydrogen-bond donors (Lipinski definition) is 2. The van der Waals surface area contributed by atoms with Crippen LogP contribution in [0.25, 0.3) is 10.6 Å². The molecule has 5 nitrogen and oxygen atoms in total. The van der Waals surface area contributed by atoms with Gasteiger partial charge in [0.05, 0.1) is 5.69 Å². The highest BCUT2D eigenvalue weighted by Crippen LogP contribution is 2.27. The molecule has 0 aliphatic rings. The molecule has 0 unspecified atom stereocenters. The molecule has 0 bridgehead atoms. The monoisotopic (exact) mass is 463 g/mol. The smallest absolute Gasteiger partial charge is 0.267 e. The Morgan fingerprint density at radius 3 is 2.44 bits per heavy atom. The Kier molecular flexibility index (Phi) is 5.44. The summed E-state index contributed by atoms with van der Waals surface area (Å²) in [4.78, 5) is 29.4. The first-order chi connectivity index (χ1) is 12.0. The summed E-state index contributed by atoms with van der Waals surface area (Å²) in [6, 6.07) is 16.8. The Balaban J connectivity index is 1.70. The summed E-state index contributed by atoms with van der Waals surface area (Å²) in [5, 5.41) is 0.771. The Labute approximate surface area is 162 Å². The van der Waals surface area contributed by atoms with Crippen molar-refractivity contribution in [3.63, 3.8) is 0 Å². The van der Waals surface area contributed by atoms with E-state index in [4.69, 9.17) is 0 Å². The fourth-order valence-corrected chi connectivity index (χ4v) is 3.69. The molecule has 0 radical (unpaired) electrons. The normalized spacial score (nSPS) is 10.3. The van der Waals surface area contributed by atoms with Crippen LogP contribution in [-0.2, 0) is 0 Å². The molecule has 7 heteroatoms. The SMILES string of the molecule is Cc1nc(-c2ccccc2)sc1C(=O)NNC(=O)c1cccc(I)c1. The van der Waals surface area contributed by atoms with E-state index in [2.05, 4.69) is 38.4 Å². The molecule has 0 aliphatic heterocycles. The van der Waals surface area contributed by atoms with E-state index < -0.39 is 0 Å². The lowest BCUT2D eigenvalue weighted by atomic mass is 10.2. The van der Waals surface area contributed by atoms with Gasteiger partial charge in [0, 0.05) is 14.7 Å². The lowest BCUT2D eigenvalue weighted by Gasteiger charge is -2.06. The number of aromatic nitrogens is 1. The van der Waals surface area contributed by atoms with Gasteiger partial charge >= 0.3 is 0 Å². The second kappa shape index (κ2) is 7.75. The number of nitrogens with one attached hydrogen (secondary N) is 2. The summed E-state index contributed by atoms with van der Waals surface area (Å²) in [7, 11) is 0. The van der Waals surface area contributed by atoms with Gasteiger partial charge in [-0.3, -0.25) is 20.4 Å². The molecule has 1 heterocycles. The third-order valence-corrected chi connectivity index (χ3v) is 5.28. The van der Waals surface area contributed by atoms with E-state index in [-0.39, 0.29) is 11.8 Å². The van der Waals surface area contributed by atoms with Gasteiger partial charge in [0.25, 0.3) is 11.8 Å². The standard InChI is InChI=1S/C18H14IN3O2S/c1-11-15(25-18(20-11)12-6-3-2-4-7-12)17(24)22-21-16(23)13-8-5-9-14(19)10-13/h2-10H,1H3,(H,21,23)(H,22,24). The van der Waals surface area contributed by atoms with Crippen molar-refractivity contribution in [3.05, 3.63) is 74.3 Å². The molecule has 2 N–H and O–H groups in total. The van der Waals surface area contributed by atoms with Crippen LogP contribution >= 0.6 is 33.9 Å². The van der Waals surface area contributed by atoms with Crippen LogP contribution in [0, 0.1) is 10.5 Å². The molecule has 3 rings (SSSR count). The van der Waals surface area contributed by atoms with E-state index in [1.54, 1.807) is 25.1 Å². The molecule has 0 aliphatic carbocycles. The first-order valence-corrected chi connectivity index (χ1v) is 9.33. The van der Waals surface area contributed by atoms with Crippen molar-refractivity contribution >= 4 is 45.7 Å². The number of thiazole rings is 1. The van der Waals surface area contributed by atoms with Gasteiger partial charge in [0.2, 0.25) is 0 Å². The first kappa shape index (κ1) is 17.6. The Morgan fingerprint density at radius 2 is 1.72 bits per heavy atom. The highest BCUT2D eigenvalue weighted by molar-refractivity contribution is 14.1. The number of benzene rings is 2. The molecule has 2 amide bonds. The van der Waals surface area contributed by atoms with Gasteiger partial charge in [-0.15, -0.1) is 11.3 Å². The zero-order valence-electron chi connectivity index (χ0n) is 13.2. The molecular weight excluding hydrogens is 449 g/mol. The fraction of sp³-hybridized carbons (Fsp3) is 0.0556. The summed E-state index contributed by atoms with van der Waals surface area (Å²) in [6.07, 6.45) is 0. The maximum Gasteiger partial charge on any atom is 0.281 e. The van der Waals surface area contributed by atoms with Crippen LogP contribution in [0.4, 0.5) is 0 Å². The number of carbonyl (C=O) groups excluding carboxylic acids is 2. The van der Waals surface area contributed by atoms with Crippen molar-refractivity contribution < 1.29 is 9.59 Å². The summed E-state index contributed by atoms with van der Waals surface area (Å²) in [5.74, 6) is -0.742. The van der Waals surface area contributed by atoms with E-state index >= 15 is 0 Å². The van der Waals surface area contributed by atoms with Gasteiger partial charge < -0.3 is 0 Å². The number of amides is 2. The lowest BCUT2D eigenvalue weighted by Crippen LogP contribution is -2.41. The average Bonchev–Trinajstić information content (AvgIpc) is 3.02. The third kappa shape index (κ3) is 4.23. The minimum absolute atomic E-state index is 0.364. The Bertz CT molecular complexity index is 925. The van der Waals surface area contributed by atoms with Crippen molar-refractivity contribution in [3.8, 4) is 10.6 Å². The summed E-state index contributed by atoms with van der Waals surface area (Å²) in [5.41, 5.74) is 6.96. The number of hydrazine groups is 1. The molecule has 0 fully saturated rings. The lowest BCUT2D eigenvalue weighted by molar-refractivity contribution is 0.0848. The summed E-state index contributed by atoms with van der Waals surface area (Å²) >= 11 is 3.42. The topological polar surface area (TPSA) is 71.1 Å². The number of carbonyl (C=O) groups is 2. The fourth-order valence-electron chi connectivity index (χ4n) is 2.18. The first-order valence-electron chi connectivity index (χ1n) is 7.43. The van der Waals surface area contributed by atoms with Crippen molar-refractivity contribution in [2.75, 3.05) is 0 Å². The van der Waals surface area contributed by atoms with Crippen LogP contribution in [0.1, 0.15) is 25.7 Å². The second-order valence-electron chi connectivity index (χ2n) is 5.22. The zero-order valence-corrected chi connectivity index (χ0v) is 16.2. The number of hydrogen-bond acceptors (Lipinski definition) is 4. The van der Waals surface area contributed by atoms with Crippen LogP contribution < -0.4 is 10.9 Å². The molecule has 0 atom stereocenters. The van der Waals surface area contributed by atoms with Crippen LogP contribution in [0.3, 0.4) is 0 Å². The van der Waals surface area contributed by atoms with Gasteiger partial charge in [0.15, 0.2) is 0 Å². The van der Waals surface area contributed by atoms with E-state index in [9.17, 15) is 9.59 Å². The predicted octanol–water partition coefficient (Wildman–Crippen LogP) is 3.80. The number of rotatable bonds is 3. The van der Waals surface area contributed by atoms with Crippen LogP contribution in [0.15, 0.2) is 54.6 Å². The average molecular weight is 463 g/mol. The molecule has 0 spiro atoms. The highest BCUT2D eigenvalue weighted by atomic mass is 127. The van der Waals surface area contributed by atoms with Gasteiger partial charge in [-0.05, 0) is 47.7 Å². The van der Waals surface area contributed by atoms with Gasteiger partial charge in [-0.1, -0.05) is 36.4 Å². The molecular formula is C18H14IN3O2S. The number of aryl methyl sites for hydroxylation is 1. The van der Waals surface area contributed by atoms with E-state index in [0.717, 1.165) is 14.1 Å². The Hall–Kier alpha value is -2.26. The number of nitrogens with zero attached hydrogens (tertiary/aromatic N) is 1. The minimum atomic E-state index is -0.379. The molecule has 0 saturated heterocycles. The van der Waals surface area contributed by atoms with Crippen molar-refractivity contribution in [1.82, 2.24) is 15.8 Å². The minimum Gasteiger partial charge on any atom is -0.267 e. The summed E-state index contributed by atoms with van der Waals surface area (Å²) < 4.78 is 0.947. The van der Waals surface area contributed by atoms with Crippen LogP contribution in [0.2, 0.25) is 0 Å². The van der Waals surface area contributed by atoms with Crippen molar-refractivity contribution in [1.29, 1.82) is 0 Å². The van der Waals surface area contributed by atoms with E-state index in [1.807, 2.05) is 36.4 Å². The summed E-state index contributed by atoms with van der Waals surface area (Å²) in [6.45, 7) is 1.78. The van der Waals surface area contributed by atoms with Crippen LogP contribution in [0.5, 0.6) is 0 Å². The Morgan fingerprint density at radius 1 is 1.00 bits per heavy atom. The van der Waals surface area contributed by atoms with Crippen molar-refractivity contribution in [2.45, 2.75) is 6.92 Å². The highest BCUT2D eigenvalue weighted by Gasteiger charge is 2.17. The second-order valence-corrected chi connectivity index (χ2v) is 7.46. The van der Waals surface area contributed by atoms with Gasteiger partial charge in [-0.25, -0.2) is 4.98 Å². The molecule has 25 heavy (non-hydrogen) atoms. The maximum absolute atomic E-state index is 12.4. The number of halogens is 1. The predicted molar refractivity (Wildman–Crippen MR) is 106 cm³/mol. The molecule has 0 saturated carbocycles. The molecule has 1 aromatic heterocycles. The molecule has 126 valence electrons. The molecule has 3 aromatic rings. The van der Waals surface area contributed by atoms with E-state index in [1.165, 1.54) is 11.3 Å². The van der Waals surface area contributed by atoms with Gasteiger partial charge in [0.1, 0.15) is 9.88 Å². The maximum atomic E-state index is 12.4. The van der Waals surface area contributed by atoms with Gasteiger partial charge in [-0.2, -0.15) is 0 Å². The quantitative estimate of drug-likeness (QED) is 0.459. The van der Waals surface area contributed by atoms with E-state index in [0.29, 0.717) is 16.1 Å². The van der Waals surface area contributed by atoms with Crippen LogP contribution in [-0.4, -0.2) is 16.8 Å². The molecule has 2 aromatic carbocycles. The third-order valence-electron chi connectivity index (χ3n) is 3.40. The zero-order chi connectivity index (χ0) is 17.8. The van der Waals surface area contributed by atoms with Crippen molar-refractivity contribution in [2.24, 2.45) is 0 Å².